The van der Waals surface area contributed by atoms with Crippen molar-refractivity contribution in [2.45, 2.75) is 11.7 Å². The summed E-state index contributed by atoms with van der Waals surface area (Å²) in [5.41, 5.74) is 0.155. The molecule has 7 nitrogen and oxygen atoms in total. The van der Waals surface area contributed by atoms with Crippen LogP contribution in [0.25, 0.3) is 11.2 Å². The van der Waals surface area contributed by atoms with E-state index in [2.05, 4.69) is 15.0 Å². The van der Waals surface area contributed by atoms with Gasteiger partial charge in [0, 0.05) is 5.75 Å². The number of hydrogen-bond donors (Lipinski definition) is 1. The van der Waals surface area contributed by atoms with Gasteiger partial charge < -0.3 is 9.84 Å². The van der Waals surface area contributed by atoms with Crippen LogP contribution in [0.3, 0.4) is 0 Å². The Hall–Kier alpha value is -1.38. The second-order valence-electron chi connectivity index (χ2n) is 3.58. The van der Waals surface area contributed by atoms with Crippen molar-refractivity contribution in [2.75, 3.05) is 5.75 Å². The van der Waals surface area contributed by atoms with Crippen LogP contribution in [0.2, 0.25) is 5.15 Å². The molecule has 2 atom stereocenters. The molecule has 1 aliphatic rings. The average molecular weight is 287 g/mol. The molecule has 1 fully saturated rings. The molecule has 1 aliphatic heterocycles. The van der Waals surface area contributed by atoms with Gasteiger partial charge in [0.15, 0.2) is 10.8 Å². The zero-order chi connectivity index (χ0) is 12.7. The molecule has 0 bridgehead atoms. The minimum absolute atomic E-state index is 0.263. The standard InChI is InChI=1S/C9H7ClN4O3S/c10-6-5-7(12-2-11-6)14(3-13-5)4-1-18-9(17-4)8(15)16/h2-4,9H,1H2,(H,15,16). The fourth-order valence-corrected chi connectivity index (χ4v) is 2.81. The van der Waals surface area contributed by atoms with Crippen molar-refractivity contribution in [2.24, 2.45) is 0 Å². The molecule has 18 heavy (non-hydrogen) atoms. The van der Waals surface area contributed by atoms with Crippen LogP contribution in [0.1, 0.15) is 6.23 Å². The van der Waals surface area contributed by atoms with Crippen LogP contribution in [-0.4, -0.2) is 41.8 Å². The number of rotatable bonds is 2. The van der Waals surface area contributed by atoms with Crippen molar-refractivity contribution in [3.05, 3.63) is 17.8 Å². The number of aromatic nitrogens is 4. The highest BCUT2D eigenvalue weighted by Crippen LogP contribution is 2.33. The maximum atomic E-state index is 10.8. The molecular weight excluding hydrogens is 280 g/mol. The number of imidazole rings is 1. The topological polar surface area (TPSA) is 90.1 Å². The summed E-state index contributed by atoms with van der Waals surface area (Å²) >= 11 is 7.11. The van der Waals surface area contributed by atoms with E-state index in [1.54, 1.807) is 4.57 Å². The predicted molar refractivity (Wildman–Crippen MR) is 64.3 cm³/mol. The molecule has 1 saturated heterocycles. The molecular formula is C9H7ClN4O3S. The van der Waals surface area contributed by atoms with Gasteiger partial charge in [0.25, 0.3) is 0 Å². The molecule has 3 rings (SSSR count). The van der Waals surface area contributed by atoms with Gasteiger partial charge in [-0.25, -0.2) is 19.7 Å². The molecule has 0 aromatic carbocycles. The van der Waals surface area contributed by atoms with Crippen molar-refractivity contribution >= 4 is 40.5 Å². The van der Waals surface area contributed by atoms with Crippen molar-refractivity contribution in [3.63, 3.8) is 0 Å². The van der Waals surface area contributed by atoms with Gasteiger partial charge in [-0.1, -0.05) is 11.6 Å². The largest absolute Gasteiger partial charge is 0.479 e. The molecule has 9 heteroatoms. The molecule has 2 aromatic heterocycles. The van der Waals surface area contributed by atoms with Crippen molar-refractivity contribution in [1.29, 1.82) is 0 Å². The van der Waals surface area contributed by atoms with Crippen molar-refractivity contribution in [1.82, 2.24) is 19.5 Å². The number of carbonyl (C=O) groups is 1. The molecule has 94 valence electrons. The SMILES string of the molecule is O=C(O)C1OC(n2cnc3c(Cl)ncnc32)CS1. The number of ether oxygens (including phenoxy) is 1. The van der Waals surface area contributed by atoms with E-state index in [4.69, 9.17) is 21.4 Å². The number of nitrogens with zero attached hydrogens (tertiary/aromatic N) is 4. The normalized spacial score (nSPS) is 23.6. The fourth-order valence-electron chi connectivity index (χ4n) is 1.70. The van der Waals surface area contributed by atoms with E-state index in [0.717, 1.165) is 0 Å². The van der Waals surface area contributed by atoms with Gasteiger partial charge in [-0.15, -0.1) is 11.8 Å². The summed E-state index contributed by atoms with van der Waals surface area (Å²) in [5, 5.41) is 9.13. The molecule has 0 spiro atoms. The Balaban J connectivity index is 1.96. The molecule has 0 amide bonds. The lowest BCUT2D eigenvalue weighted by Gasteiger charge is -2.11. The number of hydrogen-bond acceptors (Lipinski definition) is 6. The zero-order valence-corrected chi connectivity index (χ0v) is 10.4. The quantitative estimate of drug-likeness (QED) is 0.828. The average Bonchev–Trinajstić information content (AvgIpc) is 2.94. The molecule has 2 aromatic rings. The van der Waals surface area contributed by atoms with E-state index in [9.17, 15) is 4.79 Å². The summed E-state index contributed by atoms with van der Waals surface area (Å²) in [5.74, 6) is -0.469. The van der Waals surface area contributed by atoms with E-state index < -0.39 is 17.6 Å². The molecule has 0 saturated carbocycles. The number of fused-ring (bicyclic) bond motifs is 1. The van der Waals surface area contributed by atoms with Crippen LogP contribution in [-0.2, 0) is 9.53 Å². The summed E-state index contributed by atoms with van der Waals surface area (Å²) < 4.78 is 7.06. The van der Waals surface area contributed by atoms with E-state index in [0.29, 0.717) is 16.9 Å². The van der Waals surface area contributed by atoms with Gasteiger partial charge in [-0.05, 0) is 0 Å². The lowest BCUT2D eigenvalue weighted by Crippen LogP contribution is -2.18. The molecule has 3 heterocycles. The molecule has 2 unspecified atom stereocenters. The van der Waals surface area contributed by atoms with Crippen LogP contribution in [0.5, 0.6) is 0 Å². The third-order valence-corrected chi connectivity index (χ3v) is 3.87. The second-order valence-corrected chi connectivity index (χ2v) is 5.04. The highest BCUT2D eigenvalue weighted by atomic mass is 35.5. The third kappa shape index (κ3) is 1.82. The summed E-state index contributed by atoms with van der Waals surface area (Å²) in [4.78, 5) is 22.8. The van der Waals surface area contributed by atoms with Crippen LogP contribution >= 0.6 is 23.4 Å². The number of aliphatic carboxylic acids is 1. The van der Waals surface area contributed by atoms with Crippen LogP contribution in [0.15, 0.2) is 12.7 Å². The van der Waals surface area contributed by atoms with Gasteiger partial charge in [-0.3, -0.25) is 4.57 Å². The first-order valence-corrected chi connectivity index (χ1v) is 6.42. The first kappa shape index (κ1) is 11.7. The smallest absolute Gasteiger partial charge is 0.343 e. The molecule has 0 aliphatic carbocycles. The van der Waals surface area contributed by atoms with Crippen molar-refractivity contribution in [3.8, 4) is 0 Å². The highest BCUT2D eigenvalue weighted by Gasteiger charge is 2.33. The van der Waals surface area contributed by atoms with Crippen LogP contribution < -0.4 is 0 Å². The van der Waals surface area contributed by atoms with E-state index >= 15 is 0 Å². The maximum Gasteiger partial charge on any atom is 0.343 e. The maximum absolute atomic E-state index is 10.8. The predicted octanol–water partition coefficient (Wildman–Crippen LogP) is 1.15. The van der Waals surface area contributed by atoms with Gasteiger partial charge >= 0.3 is 5.97 Å². The van der Waals surface area contributed by atoms with E-state index in [1.165, 1.54) is 24.4 Å². The third-order valence-electron chi connectivity index (χ3n) is 2.50. The highest BCUT2D eigenvalue weighted by molar-refractivity contribution is 8.00. The Morgan fingerprint density at radius 1 is 1.56 bits per heavy atom. The van der Waals surface area contributed by atoms with E-state index in [-0.39, 0.29) is 5.15 Å². The zero-order valence-electron chi connectivity index (χ0n) is 8.86. The summed E-state index contributed by atoms with van der Waals surface area (Å²) in [7, 11) is 0. The summed E-state index contributed by atoms with van der Waals surface area (Å²) in [6, 6.07) is 0. The molecule has 0 radical (unpaired) electrons. The van der Waals surface area contributed by atoms with Crippen molar-refractivity contribution < 1.29 is 14.6 Å². The monoisotopic (exact) mass is 286 g/mol. The van der Waals surface area contributed by atoms with Crippen LogP contribution in [0, 0.1) is 0 Å². The number of thioether (sulfide) groups is 1. The van der Waals surface area contributed by atoms with E-state index in [1.807, 2.05) is 0 Å². The summed E-state index contributed by atoms with van der Waals surface area (Å²) in [6.45, 7) is 0. The number of carboxylic acids is 1. The van der Waals surface area contributed by atoms with Gasteiger partial charge in [0.2, 0.25) is 5.44 Å². The first-order chi connectivity index (χ1) is 8.66. The first-order valence-electron chi connectivity index (χ1n) is 4.99. The lowest BCUT2D eigenvalue weighted by molar-refractivity contribution is -0.147. The lowest BCUT2D eigenvalue weighted by atomic mass is 10.5. The Morgan fingerprint density at radius 3 is 3.11 bits per heavy atom. The minimum atomic E-state index is -0.987. The fraction of sp³-hybridized carbons (Fsp3) is 0.333. The minimum Gasteiger partial charge on any atom is -0.479 e. The summed E-state index contributed by atoms with van der Waals surface area (Å²) in [6.07, 6.45) is 2.45. The Kier molecular flexibility index (Phi) is 2.84. The Morgan fingerprint density at radius 2 is 2.39 bits per heavy atom. The molecule has 1 N–H and O–H groups in total. The Bertz CT molecular complexity index is 619. The van der Waals surface area contributed by atoms with Gasteiger partial charge in [-0.2, -0.15) is 0 Å². The number of carboxylic acid groups (broad SMARTS) is 1. The number of halogens is 1. The van der Waals surface area contributed by atoms with Gasteiger partial charge in [0.1, 0.15) is 18.1 Å². The Labute approximate surface area is 110 Å². The second kappa shape index (κ2) is 4.38. The van der Waals surface area contributed by atoms with Crippen LogP contribution in [0.4, 0.5) is 0 Å². The van der Waals surface area contributed by atoms with Gasteiger partial charge in [0.05, 0.1) is 6.33 Å².